The van der Waals surface area contributed by atoms with Crippen molar-refractivity contribution in [1.82, 2.24) is 5.32 Å². The zero-order valence-corrected chi connectivity index (χ0v) is 13.1. The minimum Gasteiger partial charge on any atom is -0.497 e. The van der Waals surface area contributed by atoms with Crippen LogP contribution in [0.1, 0.15) is 33.8 Å². The van der Waals surface area contributed by atoms with Gasteiger partial charge in [-0.2, -0.15) is 0 Å². The largest absolute Gasteiger partial charge is 0.497 e. The highest BCUT2D eigenvalue weighted by Gasteiger charge is 2.21. The second kappa shape index (κ2) is 6.37. The molecule has 0 amide bonds. The van der Waals surface area contributed by atoms with Crippen LogP contribution in [0.3, 0.4) is 0 Å². The molecular formula is C16H20FNOS. The van der Waals surface area contributed by atoms with Gasteiger partial charge in [0.15, 0.2) is 0 Å². The summed E-state index contributed by atoms with van der Waals surface area (Å²) in [6.45, 7) is 6.97. The minimum atomic E-state index is -0.235. The molecule has 108 valence electrons. The van der Waals surface area contributed by atoms with E-state index in [9.17, 15) is 4.39 Å². The van der Waals surface area contributed by atoms with Crippen LogP contribution in [0.25, 0.3) is 0 Å². The van der Waals surface area contributed by atoms with E-state index in [1.807, 2.05) is 6.92 Å². The Labute approximate surface area is 123 Å². The first-order chi connectivity index (χ1) is 9.56. The van der Waals surface area contributed by atoms with Crippen molar-refractivity contribution in [3.8, 4) is 5.75 Å². The van der Waals surface area contributed by atoms with E-state index in [1.165, 1.54) is 21.4 Å². The van der Waals surface area contributed by atoms with Crippen molar-refractivity contribution in [1.29, 1.82) is 0 Å². The molecule has 1 aromatic heterocycles. The Bertz CT molecular complexity index is 594. The zero-order valence-electron chi connectivity index (χ0n) is 12.3. The number of benzene rings is 1. The van der Waals surface area contributed by atoms with Gasteiger partial charge in [-0.15, -0.1) is 11.3 Å². The number of thiophene rings is 1. The summed E-state index contributed by atoms with van der Waals surface area (Å²) in [5.41, 5.74) is 1.87. The van der Waals surface area contributed by atoms with Gasteiger partial charge >= 0.3 is 0 Å². The Morgan fingerprint density at radius 2 is 2.05 bits per heavy atom. The fourth-order valence-corrected chi connectivity index (χ4v) is 3.49. The van der Waals surface area contributed by atoms with Gasteiger partial charge in [-0.3, -0.25) is 0 Å². The molecule has 0 saturated carbocycles. The molecule has 0 radical (unpaired) electrons. The smallest absolute Gasteiger partial charge is 0.132 e. The molecule has 0 aliphatic heterocycles. The van der Waals surface area contributed by atoms with E-state index in [0.717, 1.165) is 6.54 Å². The van der Waals surface area contributed by atoms with Crippen molar-refractivity contribution in [3.63, 3.8) is 0 Å². The first-order valence-electron chi connectivity index (χ1n) is 6.70. The molecule has 0 saturated heterocycles. The molecule has 1 N–H and O–H groups in total. The summed E-state index contributed by atoms with van der Waals surface area (Å²) in [4.78, 5) is 2.42. The van der Waals surface area contributed by atoms with E-state index in [0.29, 0.717) is 11.3 Å². The average Bonchev–Trinajstić information content (AvgIpc) is 2.75. The van der Waals surface area contributed by atoms with Crippen molar-refractivity contribution in [2.45, 2.75) is 26.8 Å². The number of halogens is 1. The summed E-state index contributed by atoms with van der Waals surface area (Å²) in [6.07, 6.45) is 0. The molecule has 4 heteroatoms. The lowest BCUT2D eigenvalue weighted by molar-refractivity contribution is 0.410. The highest BCUT2D eigenvalue weighted by Crippen LogP contribution is 2.33. The predicted octanol–water partition coefficient (Wildman–Crippen LogP) is 4.21. The van der Waals surface area contributed by atoms with Crippen molar-refractivity contribution >= 4 is 11.3 Å². The Morgan fingerprint density at radius 1 is 1.30 bits per heavy atom. The first-order valence-corrected chi connectivity index (χ1v) is 7.52. The van der Waals surface area contributed by atoms with Gasteiger partial charge in [-0.05, 0) is 38.1 Å². The van der Waals surface area contributed by atoms with Gasteiger partial charge < -0.3 is 10.1 Å². The molecule has 2 aromatic rings. The van der Waals surface area contributed by atoms with Crippen LogP contribution in [-0.4, -0.2) is 13.7 Å². The number of hydrogen-bond donors (Lipinski definition) is 1. The standard InChI is InChI=1S/C16H20FNOS/c1-5-18-15(16-10(2)8-11(3)20-16)13-7-6-12(19-4)9-14(13)17/h6-9,15,18H,5H2,1-4H3. The maximum atomic E-state index is 14.3. The first kappa shape index (κ1) is 15.0. The van der Waals surface area contributed by atoms with E-state index in [2.05, 4.69) is 25.2 Å². The number of methoxy groups -OCH3 is 1. The topological polar surface area (TPSA) is 21.3 Å². The maximum absolute atomic E-state index is 14.3. The number of aryl methyl sites for hydroxylation is 2. The lowest BCUT2D eigenvalue weighted by Crippen LogP contribution is -2.22. The molecule has 0 spiro atoms. The Kier molecular flexibility index (Phi) is 4.78. The third-order valence-corrected chi connectivity index (χ3v) is 4.49. The average molecular weight is 293 g/mol. The summed E-state index contributed by atoms with van der Waals surface area (Å²) < 4.78 is 19.4. The molecule has 1 atom stereocenters. The molecule has 1 unspecified atom stereocenters. The van der Waals surface area contributed by atoms with Gasteiger partial charge in [0.05, 0.1) is 13.2 Å². The third-order valence-electron chi connectivity index (χ3n) is 3.27. The highest BCUT2D eigenvalue weighted by atomic mass is 32.1. The Hall–Kier alpha value is -1.39. The molecule has 0 aliphatic carbocycles. The highest BCUT2D eigenvalue weighted by molar-refractivity contribution is 7.12. The lowest BCUT2D eigenvalue weighted by Gasteiger charge is -2.19. The van der Waals surface area contributed by atoms with Gasteiger partial charge in [-0.1, -0.05) is 13.0 Å². The fraction of sp³-hybridized carbons (Fsp3) is 0.375. The van der Waals surface area contributed by atoms with E-state index < -0.39 is 0 Å². The summed E-state index contributed by atoms with van der Waals surface area (Å²) >= 11 is 1.72. The normalized spacial score (nSPS) is 12.4. The van der Waals surface area contributed by atoms with Crippen LogP contribution in [0.2, 0.25) is 0 Å². The molecule has 1 aromatic carbocycles. The molecule has 2 nitrogen and oxygen atoms in total. The Balaban J connectivity index is 2.45. The van der Waals surface area contributed by atoms with Crippen LogP contribution in [-0.2, 0) is 0 Å². The molecule has 1 heterocycles. The third kappa shape index (κ3) is 3.02. The quantitative estimate of drug-likeness (QED) is 0.891. The summed E-state index contributed by atoms with van der Waals surface area (Å²) in [6, 6.07) is 7.08. The van der Waals surface area contributed by atoms with E-state index >= 15 is 0 Å². The van der Waals surface area contributed by atoms with Gasteiger partial charge in [0, 0.05) is 21.4 Å². The van der Waals surface area contributed by atoms with Crippen LogP contribution in [0.15, 0.2) is 24.3 Å². The predicted molar refractivity (Wildman–Crippen MR) is 82.3 cm³/mol. The summed E-state index contributed by atoms with van der Waals surface area (Å²) in [5, 5.41) is 3.38. The zero-order chi connectivity index (χ0) is 14.7. The molecule has 20 heavy (non-hydrogen) atoms. The minimum absolute atomic E-state index is 0.107. The molecule has 2 rings (SSSR count). The second-order valence-electron chi connectivity index (χ2n) is 4.78. The number of hydrogen-bond acceptors (Lipinski definition) is 3. The van der Waals surface area contributed by atoms with Crippen LogP contribution < -0.4 is 10.1 Å². The lowest BCUT2D eigenvalue weighted by atomic mass is 10.0. The van der Waals surface area contributed by atoms with Crippen LogP contribution >= 0.6 is 11.3 Å². The summed E-state index contributed by atoms with van der Waals surface area (Å²) in [5.74, 6) is 0.307. The molecular weight excluding hydrogens is 273 g/mol. The van der Waals surface area contributed by atoms with Crippen molar-refractivity contribution in [2.75, 3.05) is 13.7 Å². The number of ether oxygens (including phenoxy) is 1. The second-order valence-corrected chi connectivity index (χ2v) is 6.07. The van der Waals surface area contributed by atoms with Crippen LogP contribution in [0.4, 0.5) is 4.39 Å². The van der Waals surface area contributed by atoms with Crippen LogP contribution in [0, 0.1) is 19.7 Å². The van der Waals surface area contributed by atoms with E-state index in [-0.39, 0.29) is 11.9 Å². The number of rotatable bonds is 5. The van der Waals surface area contributed by atoms with Crippen molar-refractivity contribution in [2.24, 2.45) is 0 Å². The van der Waals surface area contributed by atoms with Gasteiger partial charge in [-0.25, -0.2) is 4.39 Å². The van der Waals surface area contributed by atoms with Crippen molar-refractivity contribution < 1.29 is 9.13 Å². The molecule has 0 bridgehead atoms. The fourth-order valence-electron chi connectivity index (χ4n) is 2.36. The SMILES string of the molecule is CCNC(c1ccc(OC)cc1F)c1sc(C)cc1C. The van der Waals surface area contributed by atoms with Crippen LogP contribution in [0.5, 0.6) is 5.75 Å². The molecule has 0 fully saturated rings. The van der Waals surface area contributed by atoms with Gasteiger partial charge in [0.25, 0.3) is 0 Å². The monoisotopic (exact) mass is 293 g/mol. The van der Waals surface area contributed by atoms with E-state index in [1.54, 1.807) is 30.6 Å². The van der Waals surface area contributed by atoms with Crippen molar-refractivity contribution in [3.05, 3.63) is 51.0 Å². The number of nitrogens with one attached hydrogen (secondary N) is 1. The van der Waals surface area contributed by atoms with Gasteiger partial charge in [0.1, 0.15) is 11.6 Å². The Morgan fingerprint density at radius 3 is 2.55 bits per heavy atom. The van der Waals surface area contributed by atoms with E-state index in [4.69, 9.17) is 4.74 Å². The van der Waals surface area contributed by atoms with Gasteiger partial charge in [0.2, 0.25) is 0 Å². The summed E-state index contributed by atoms with van der Waals surface area (Å²) in [7, 11) is 1.54. The molecule has 0 aliphatic rings. The maximum Gasteiger partial charge on any atom is 0.132 e.